The van der Waals surface area contributed by atoms with Gasteiger partial charge >= 0.3 is 0 Å². The molecule has 4 heterocycles. The number of hydrogen-bond donors (Lipinski definition) is 1. The molecule has 3 aromatic heterocycles. The van der Waals surface area contributed by atoms with E-state index in [4.69, 9.17) is 0 Å². The van der Waals surface area contributed by atoms with Gasteiger partial charge < -0.3 is 14.8 Å². The van der Waals surface area contributed by atoms with Crippen LogP contribution < -0.4 is 5.32 Å². The quantitative estimate of drug-likeness (QED) is 0.448. The van der Waals surface area contributed by atoms with Crippen molar-refractivity contribution in [1.82, 2.24) is 14.8 Å². The van der Waals surface area contributed by atoms with E-state index < -0.39 is 5.54 Å². The second-order valence-electron chi connectivity index (χ2n) is 8.17. The van der Waals surface area contributed by atoms with Crippen molar-refractivity contribution in [2.24, 2.45) is 0 Å². The fourth-order valence-corrected chi connectivity index (χ4v) is 5.85. The number of carbonyl (C=O) groups is 2. The van der Waals surface area contributed by atoms with E-state index in [0.29, 0.717) is 25.2 Å². The second kappa shape index (κ2) is 8.18. The summed E-state index contributed by atoms with van der Waals surface area (Å²) in [5.74, 6) is -0.661. The number of carbonyl (C=O) groups excluding carboxylic acids is 2. The number of nitrogens with zero attached hydrogens (tertiary/aromatic N) is 2. The van der Waals surface area contributed by atoms with Crippen LogP contribution in [0.4, 0.5) is 4.39 Å². The first-order valence-corrected chi connectivity index (χ1v) is 12.2. The number of fused-ring (bicyclic) bond motifs is 3. The van der Waals surface area contributed by atoms with Crippen LogP contribution in [0.1, 0.15) is 27.9 Å². The number of thiophene rings is 2. The van der Waals surface area contributed by atoms with Crippen molar-refractivity contribution in [3.05, 3.63) is 81.2 Å². The number of benzene rings is 1. The van der Waals surface area contributed by atoms with Gasteiger partial charge in [0.1, 0.15) is 21.9 Å². The van der Waals surface area contributed by atoms with E-state index in [-0.39, 0.29) is 24.2 Å². The number of hydrogen-bond acceptors (Lipinski definition) is 4. The highest BCUT2D eigenvalue weighted by Gasteiger charge is 2.47. The van der Waals surface area contributed by atoms with Crippen LogP contribution in [0.5, 0.6) is 0 Å². The summed E-state index contributed by atoms with van der Waals surface area (Å²) in [6.45, 7) is 2.95. The van der Waals surface area contributed by atoms with Gasteiger partial charge in [-0.05, 0) is 60.0 Å². The van der Waals surface area contributed by atoms with E-state index in [9.17, 15) is 14.0 Å². The fourth-order valence-electron chi connectivity index (χ4n) is 4.26. The predicted molar refractivity (Wildman–Crippen MR) is 126 cm³/mol. The minimum Gasteiger partial charge on any atom is -0.350 e. The van der Waals surface area contributed by atoms with Crippen LogP contribution in [0.25, 0.3) is 10.2 Å². The second-order valence-corrected chi connectivity index (χ2v) is 10.1. The molecule has 2 amide bonds. The van der Waals surface area contributed by atoms with Crippen molar-refractivity contribution in [2.75, 3.05) is 6.54 Å². The van der Waals surface area contributed by atoms with Crippen molar-refractivity contribution in [2.45, 2.75) is 32.0 Å². The van der Waals surface area contributed by atoms with Gasteiger partial charge in [-0.1, -0.05) is 18.2 Å². The third-order valence-electron chi connectivity index (χ3n) is 6.05. The topological polar surface area (TPSA) is 54.3 Å². The normalized spacial score (nSPS) is 18.2. The molecule has 4 aromatic rings. The van der Waals surface area contributed by atoms with Gasteiger partial charge in [0.05, 0.1) is 6.54 Å². The molecule has 1 aliphatic heterocycles. The van der Waals surface area contributed by atoms with Gasteiger partial charge in [0.15, 0.2) is 0 Å². The van der Waals surface area contributed by atoms with Crippen molar-refractivity contribution >= 4 is 44.7 Å². The lowest BCUT2D eigenvalue weighted by atomic mass is 9.94. The molecule has 1 atom stereocenters. The Kier molecular flexibility index (Phi) is 5.35. The van der Waals surface area contributed by atoms with E-state index in [1.807, 2.05) is 46.5 Å². The van der Waals surface area contributed by atoms with Crippen LogP contribution in [0.2, 0.25) is 0 Å². The Balaban J connectivity index is 1.45. The molecular weight excluding hydrogens is 445 g/mol. The van der Waals surface area contributed by atoms with E-state index in [1.54, 1.807) is 39.7 Å². The first kappa shape index (κ1) is 20.9. The lowest BCUT2D eigenvalue weighted by Crippen LogP contribution is -2.64. The molecule has 1 N–H and O–H groups in total. The molecule has 0 unspecified atom stereocenters. The Labute approximate surface area is 193 Å². The summed E-state index contributed by atoms with van der Waals surface area (Å²) in [7, 11) is 0. The first-order valence-electron chi connectivity index (χ1n) is 10.4. The monoisotopic (exact) mass is 467 g/mol. The molecule has 0 saturated heterocycles. The average molecular weight is 468 g/mol. The van der Waals surface area contributed by atoms with Crippen LogP contribution in [-0.2, 0) is 24.3 Å². The minimum atomic E-state index is -1.04. The Bertz CT molecular complexity index is 1280. The fraction of sp³-hybridized carbons (Fsp3) is 0.250. The zero-order valence-corrected chi connectivity index (χ0v) is 19.1. The summed E-state index contributed by atoms with van der Waals surface area (Å²) in [4.78, 5) is 31.0. The molecular formula is C24H22FN3O2S2. The molecule has 1 aliphatic rings. The number of amides is 2. The number of aromatic nitrogens is 1. The summed E-state index contributed by atoms with van der Waals surface area (Å²) in [5.41, 5.74) is 0.386. The third-order valence-corrected chi connectivity index (χ3v) is 7.93. The summed E-state index contributed by atoms with van der Waals surface area (Å²) < 4.78 is 15.2. The summed E-state index contributed by atoms with van der Waals surface area (Å²) in [6.07, 6.45) is 0.694. The Hall–Kier alpha value is -2.97. The van der Waals surface area contributed by atoms with Gasteiger partial charge in [-0.25, -0.2) is 4.39 Å². The SMILES string of the molecule is C[C@@]1(C(=O)NCc2ccc(F)cc2)Cn2c(cc3ccsc32)C(=O)N1CCc1cccs1. The zero-order chi connectivity index (χ0) is 22.3. The molecule has 5 nitrogen and oxygen atoms in total. The van der Waals surface area contributed by atoms with E-state index >= 15 is 0 Å². The van der Waals surface area contributed by atoms with Gasteiger partial charge in [-0.3, -0.25) is 9.59 Å². The van der Waals surface area contributed by atoms with Crippen LogP contribution in [0.3, 0.4) is 0 Å². The van der Waals surface area contributed by atoms with Gasteiger partial charge in [-0.2, -0.15) is 0 Å². The lowest BCUT2D eigenvalue weighted by Gasteiger charge is -2.44. The number of rotatable bonds is 6. The van der Waals surface area contributed by atoms with Gasteiger partial charge in [0.25, 0.3) is 5.91 Å². The maximum atomic E-state index is 13.6. The van der Waals surface area contributed by atoms with Crippen molar-refractivity contribution in [3.63, 3.8) is 0 Å². The van der Waals surface area contributed by atoms with Crippen molar-refractivity contribution < 1.29 is 14.0 Å². The molecule has 1 aromatic carbocycles. The largest absolute Gasteiger partial charge is 0.350 e. The maximum absolute atomic E-state index is 13.6. The number of halogens is 1. The molecule has 8 heteroatoms. The lowest BCUT2D eigenvalue weighted by molar-refractivity contribution is -0.133. The average Bonchev–Trinajstić information content (AvgIpc) is 3.52. The Morgan fingerprint density at radius 1 is 1.16 bits per heavy atom. The highest BCUT2D eigenvalue weighted by Crippen LogP contribution is 2.34. The van der Waals surface area contributed by atoms with Crippen LogP contribution in [0.15, 0.2) is 59.3 Å². The molecule has 164 valence electrons. The van der Waals surface area contributed by atoms with E-state index in [2.05, 4.69) is 5.32 Å². The zero-order valence-electron chi connectivity index (χ0n) is 17.5. The maximum Gasteiger partial charge on any atom is 0.271 e. The van der Waals surface area contributed by atoms with Crippen molar-refractivity contribution in [1.29, 1.82) is 0 Å². The number of nitrogens with one attached hydrogen (secondary N) is 1. The highest BCUT2D eigenvalue weighted by atomic mass is 32.1. The minimum absolute atomic E-state index is 0.129. The highest BCUT2D eigenvalue weighted by molar-refractivity contribution is 7.16. The molecule has 5 rings (SSSR count). The van der Waals surface area contributed by atoms with Gasteiger partial charge in [-0.15, -0.1) is 22.7 Å². The summed E-state index contributed by atoms with van der Waals surface area (Å²) in [6, 6.07) is 14.0. The molecule has 0 fully saturated rings. The van der Waals surface area contributed by atoms with Crippen LogP contribution in [-0.4, -0.2) is 33.4 Å². The summed E-state index contributed by atoms with van der Waals surface area (Å²) in [5, 5.41) is 8.01. The smallest absolute Gasteiger partial charge is 0.271 e. The third kappa shape index (κ3) is 3.63. The Morgan fingerprint density at radius 2 is 1.97 bits per heavy atom. The van der Waals surface area contributed by atoms with E-state index in [0.717, 1.165) is 15.8 Å². The molecule has 0 spiro atoms. The predicted octanol–water partition coefficient (Wildman–Crippen LogP) is 4.68. The Morgan fingerprint density at radius 3 is 2.72 bits per heavy atom. The van der Waals surface area contributed by atoms with Crippen LogP contribution >= 0.6 is 22.7 Å². The van der Waals surface area contributed by atoms with Crippen LogP contribution in [0, 0.1) is 5.82 Å². The summed E-state index contributed by atoms with van der Waals surface area (Å²) >= 11 is 3.22. The van der Waals surface area contributed by atoms with E-state index in [1.165, 1.54) is 17.0 Å². The standard InChI is InChI=1S/C24H22FN3O2S2/c1-24(23(30)26-14-16-4-6-18(25)7-5-16)15-27-20(13-17-9-12-32-22(17)27)21(29)28(24)10-8-19-3-2-11-31-19/h2-7,9,11-13H,8,10,14-15H2,1H3,(H,26,30)/t24-/m0/s1. The first-order chi connectivity index (χ1) is 15.5. The molecule has 0 radical (unpaired) electrons. The molecule has 0 saturated carbocycles. The molecule has 32 heavy (non-hydrogen) atoms. The van der Waals surface area contributed by atoms with Crippen molar-refractivity contribution in [3.8, 4) is 0 Å². The molecule has 0 aliphatic carbocycles. The van der Waals surface area contributed by atoms with Gasteiger partial charge in [0.2, 0.25) is 5.91 Å². The molecule has 0 bridgehead atoms. The van der Waals surface area contributed by atoms with Gasteiger partial charge in [0, 0.05) is 23.4 Å².